The number of hydrogen-bond acceptors (Lipinski definition) is 1. The molecule has 1 nitrogen and oxygen atoms in total. The van der Waals surface area contributed by atoms with Crippen LogP contribution in [0, 0.1) is 13.8 Å². The average molecular weight is 251 g/mol. The van der Waals surface area contributed by atoms with E-state index < -0.39 is 0 Å². The predicted molar refractivity (Wildman–Crippen MR) is 84.1 cm³/mol. The Labute approximate surface area is 115 Å². The van der Waals surface area contributed by atoms with E-state index in [1.807, 2.05) is 0 Å². The molecule has 2 rings (SSSR count). The van der Waals surface area contributed by atoms with E-state index in [4.69, 9.17) is 5.73 Å². The van der Waals surface area contributed by atoms with E-state index in [0.717, 1.165) is 6.42 Å². The highest BCUT2D eigenvalue weighted by Gasteiger charge is 2.01. The molecule has 0 aliphatic heterocycles. The van der Waals surface area contributed by atoms with Crippen LogP contribution in [0.5, 0.6) is 0 Å². The largest absolute Gasteiger partial charge is 0.330 e. The van der Waals surface area contributed by atoms with Crippen molar-refractivity contribution >= 4 is 6.08 Å². The Balaban J connectivity index is 2.25. The molecule has 1 heteroatoms. The van der Waals surface area contributed by atoms with Crippen LogP contribution in [0.15, 0.2) is 48.5 Å². The summed E-state index contributed by atoms with van der Waals surface area (Å²) in [4.78, 5) is 0. The molecular formula is C18H21N. The van der Waals surface area contributed by atoms with Crippen LogP contribution in [0.4, 0.5) is 0 Å². The summed E-state index contributed by atoms with van der Waals surface area (Å²) >= 11 is 0. The number of hydrogen-bond donors (Lipinski definition) is 1. The van der Waals surface area contributed by atoms with Crippen molar-refractivity contribution in [3.63, 3.8) is 0 Å². The van der Waals surface area contributed by atoms with Crippen molar-refractivity contribution in [1.82, 2.24) is 0 Å². The Kier molecular flexibility index (Phi) is 4.53. The number of rotatable bonds is 4. The molecule has 0 unspecified atom stereocenters. The zero-order valence-electron chi connectivity index (χ0n) is 11.7. The lowest BCUT2D eigenvalue weighted by molar-refractivity contribution is 1.01. The molecule has 0 radical (unpaired) electrons. The van der Waals surface area contributed by atoms with Gasteiger partial charge < -0.3 is 5.73 Å². The number of aryl methyl sites for hydroxylation is 2. The van der Waals surface area contributed by atoms with Crippen LogP contribution in [0.25, 0.3) is 17.2 Å². The van der Waals surface area contributed by atoms with E-state index in [1.165, 1.54) is 27.8 Å². The van der Waals surface area contributed by atoms with Crippen molar-refractivity contribution in [3.8, 4) is 11.1 Å². The first-order valence-corrected chi connectivity index (χ1v) is 6.75. The second-order valence-electron chi connectivity index (χ2n) is 4.92. The van der Waals surface area contributed by atoms with Gasteiger partial charge in [0.2, 0.25) is 0 Å². The second-order valence-corrected chi connectivity index (χ2v) is 4.92. The van der Waals surface area contributed by atoms with Crippen LogP contribution in [-0.4, -0.2) is 6.54 Å². The number of nitrogens with two attached hydrogens (primary N) is 1. The third-order valence-electron chi connectivity index (χ3n) is 3.26. The Hall–Kier alpha value is -1.86. The van der Waals surface area contributed by atoms with Gasteiger partial charge >= 0.3 is 0 Å². The molecule has 98 valence electrons. The van der Waals surface area contributed by atoms with Crippen LogP contribution < -0.4 is 5.73 Å². The standard InChI is InChI=1S/C18H21N/c1-14-6-7-15(2)18(13-14)17-10-8-16(9-11-17)5-3-4-12-19/h3,5-11,13H,4,12,19H2,1-2H3/b5-3+. The van der Waals surface area contributed by atoms with Gasteiger partial charge in [0.05, 0.1) is 0 Å². The minimum absolute atomic E-state index is 0.705. The summed E-state index contributed by atoms with van der Waals surface area (Å²) in [6.45, 7) is 4.99. The summed E-state index contributed by atoms with van der Waals surface area (Å²) in [6.07, 6.45) is 5.17. The first-order valence-electron chi connectivity index (χ1n) is 6.75. The Morgan fingerprint density at radius 2 is 1.74 bits per heavy atom. The summed E-state index contributed by atoms with van der Waals surface area (Å²) in [5.41, 5.74) is 11.9. The first-order chi connectivity index (χ1) is 9.20. The van der Waals surface area contributed by atoms with E-state index in [2.05, 4.69) is 68.5 Å². The van der Waals surface area contributed by atoms with Gasteiger partial charge in [0.25, 0.3) is 0 Å². The van der Waals surface area contributed by atoms with Gasteiger partial charge in [-0.15, -0.1) is 0 Å². The number of benzene rings is 2. The van der Waals surface area contributed by atoms with Gasteiger partial charge in [-0.05, 0) is 49.1 Å². The minimum Gasteiger partial charge on any atom is -0.330 e. The molecule has 0 aromatic heterocycles. The highest BCUT2D eigenvalue weighted by atomic mass is 14.5. The topological polar surface area (TPSA) is 26.0 Å². The maximum Gasteiger partial charge on any atom is -0.00425 e. The molecule has 0 aliphatic carbocycles. The smallest absolute Gasteiger partial charge is 0.00425 e. The molecular weight excluding hydrogens is 230 g/mol. The van der Waals surface area contributed by atoms with E-state index >= 15 is 0 Å². The first kappa shape index (κ1) is 13.6. The van der Waals surface area contributed by atoms with Gasteiger partial charge in [0, 0.05) is 0 Å². The average Bonchev–Trinajstić information content (AvgIpc) is 2.43. The van der Waals surface area contributed by atoms with Crippen molar-refractivity contribution in [3.05, 3.63) is 65.2 Å². The van der Waals surface area contributed by atoms with Crippen LogP contribution in [-0.2, 0) is 0 Å². The Morgan fingerprint density at radius 1 is 1.00 bits per heavy atom. The Morgan fingerprint density at radius 3 is 2.42 bits per heavy atom. The van der Waals surface area contributed by atoms with Crippen LogP contribution >= 0.6 is 0 Å². The molecule has 0 heterocycles. The van der Waals surface area contributed by atoms with Gasteiger partial charge in [-0.1, -0.05) is 60.2 Å². The monoisotopic (exact) mass is 251 g/mol. The lowest BCUT2D eigenvalue weighted by Crippen LogP contribution is -1.94. The third-order valence-corrected chi connectivity index (χ3v) is 3.26. The molecule has 0 fully saturated rings. The highest BCUT2D eigenvalue weighted by Crippen LogP contribution is 2.25. The molecule has 0 saturated heterocycles. The van der Waals surface area contributed by atoms with E-state index in [9.17, 15) is 0 Å². The summed E-state index contributed by atoms with van der Waals surface area (Å²) in [5.74, 6) is 0. The molecule has 0 atom stereocenters. The molecule has 0 bridgehead atoms. The lowest BCUT2D eigenvalue weighted by atomic mass is 9.97. The third kappa shape index (κ3) is 3.55. The van der Waals surface area contributed by atoms with Crippen molar-refractivity contribution in [2.24, 2.45) is 5.73 Å². The van der Waals surface area contributed by atoms with E-state index in [-0.39, 0.29) is 0 Å². The Bertz CT molecular complexity index is 565. The predicted octanol–water partition coefficient (Wildman–Crippen LogP) is 4.33. The lowest BCUT2D eigenvalue weighted by Gasteiger charge is -2.07. The van der Waals surface area contributed by atoms with Gasteiger partial charge in [-0.3, -0.25) is 0 Å². The normalized spacial score (nSPS) is 11.1. The molecule has 2 aromatic carbocycles. The van der Waals surface area contributed by atoms with Gasteiger partial charge in [0.15, 0.2) is 0 Å². The molecule has 19 heavy (non-hydrogen) atoms. The molecule has 2 aromatic rings. The zero-order chi connectivity index (χ0) is 13.7. The summed E-state index contributed by atoms with van der Waals surface area (Å²) < 4.78 is 0. The molecule has 0 saturated carbocycles. The molecule has 0 aliphatic rings. The fraction of sp³-hybridized carbons (Fsp3) is 0.222. The summed E-state index contributed by atoms with van der Waals surface area (Å²) in [7, 11) is 0. The fourth-order valence-electron chi connectivity index (χ4n) is 2.14. The molecule has 2 N–H and O–H groups in total. The van der Waals surface area contributed by atoms with Crippen molar-refractivity contribution in [2.45, 2.75) is 20.3 Å². The second kappa shape index (κ2) is 6.35. The molecule has 0 amide bonds. The van der Waals surface area contributed by atoms with E-state index in [1.54, 1.807) is 0 Å². The van der Waals surface area contributed by atoms with Crippen LogP contribution in [0.3, 0.4) is 0 Å². The van der Waals surface area contributed by atoms with Crippen LogP contribution in [0.1, 0.15) is 23.1 Å². The van der Waals surface area contributed by atoms with Crippen molar-refractivity contribution in [2.75, 3.05) is 6.54 Å². The van der Waals surface area contributed by atoms with Crippen molar-refractivity contribution < 1.29 is 0 Å². The van der Waals surface area contributed by atoms with Gasteiger partial charge in [0.1, 0.15) is 0 Å². The molecule has 0 spiro atoms. The maximum atomic E-state index is 5.47. The summed E-state index contributed by atoms with van der Waals surface area (Å²) in [6, 6.07) is 15.3. The quantitative estimate of drug-likeness (QED) is 0.859. The maximum absolute atomic E-state index is 5.47. The minimum atomic E-state index is 0.705. The highest BCUT2D eigenvalue weighted by molar-refractivity contribution is 5.69. The van der Waals surface area contributed by atoms with Gasteiger partial charge in [-0.25, -0.2) is 0 Å². The van der Waals surface area contributed by atoms with E-state index in [0.29, 0.717) is 6.54 Å². The van der Waals surface area contributed by atoms with Gasteiger partial charge in [-0.2, -0.15) is 0 Å². The SMILES string of the molecule is Cc1ccc(C)c(-c2ccc(/C=C/CCN)cc2)c1. The van der Waals surface area contributed by atoms with Crippen LogP contribution in [0.2, 0.25) is 0 Å². The van der Waals surface area contributed by atoms with Crippen molar-refractivity contribution in [1.29, 1.82) is 0 Å². The fourth-order valence-corrected chi connectivity index (χ4v) is 2.14. The summed E-state index contributed by atoms with van der Waals surface area (Å²) in [5, 5.41) is 0. The zero-order valence-corrected chi connectivity index (χ0v) is 11.7.